The Kier molecular flexibility index (Phi) is 4.22. The highest BCUT2D eigenvalue weighted by Crippen LogP contribution is 2.18. The zero-order valence-corrected chi connectivity index (χ0v) is 14.1. The van der Waals surface area contributed by atoms with Crippen LogP contribution in [0.3, 0.4) is 0 Å². The monoisotopic (exact) mass is 397 g/mol. The van der Waals surface area contributed by atoms with Crippen molar-refractivity contribution in [2.45, 2.75) is 13.5 Å². The van der Waals surface area contributed by atoms with Gasteiger partial charge in [0, 0.05) is 16.2 Å². The van der Waals surface area contributed by atoms with Gasteiger partial charge in [0.2, 0.25) is 4.96 Å². The first-order chi connectivity index (χ1) is 10.9. The first-order valence-electron chi connectivity index (χ1n) is 6.42. The van der Waals surface area contributed by atoms with E-state index >= 15 is 0 Å². The van der Waals surface area contributed by atoms with Crippen molar-refractivity contribution in [2.75, 3.05) is 0 Å². The van der Waals surface area contributed by atoms with Gasteiger partial charge in [-0.25, -0.2) is 14.2 Å². The molecule has 0 aliphatic rings. The number of rotatable bonds is 3. The van der Waals surface area contributed by atoms with Crippen LogP contribution in [-0.4, -0.2) is 20.6 Å². The summed E-state index contributed by atoms with van der Waals surface area (Å²) >= 11 is 4.30. The number of nitrogens with zero attached hydrogens (tertiary/aromatic N) is 3. The van der Waals surface area contributed by atoms with E-state index in [4.69, 9.17) is 4.74 Å². The molecule has 3 aromatic rings. The molecule has 0 radical (unpaired) electrons. The highest BCUT2D eigenvalue weighted by atomic mass is 79.9. The standard InChI is InChI=1S/C14H9BrFN3O3S/c1-7-4-12(20)19-14(17-7)23-11(18-19)6-22-13(21)9-5-8(15)2-3-10(9)16/h2-5H,6H2,1H3. The van der Waals surface area contributed by atoms with Gasteiger partial charge in [0.1, 0.15) is 12.4 Å². The van der Waals surface area contributed by atoms with Crippen LogP contribution in [0.2, 0.25) is 0 Å². The first-order valence-corrected chi connectivity index (χ1v) is 8.03. The molecule has 0 saturated heterocycles. The van der Waals surface area contributed by atoms with Crippen LogP contribution in [0.5, 0.6) is 0 Å². The smallest absolute Gasteiger partial charge is 0.341 e. The van der Waals surface area contributed by atoms with Gasteiger partial charge in [-0.15, -0.1) is 0 Å². The third kappa shape index (κ3) is 3.30. The van der Waals surface area contributed by atoms with Gasteiger partial charge in [-0.2, -0.15) is 9.61 Å². The van der Waals surface area contributed by atoms with Gasteiger partial charge in [0.15, 0.2) is 5.01 Å². The molecule has 0 unspecified atom stereocenters. The van der Waals surface area contributed by atoms with E-state index in [-0.39, 0.29) is 17.7 Å². The topological polar surface area (TPSA) is 73.6 Å². The van der Waals surface area contributed by atoms with Crippen molar-refractivity contribution < 1.29 is 13.9 Å². The molecule has 9 heteroatoms. The molecule has 118 valence electrons. The van der Waals surface area contributed by atoms with E-state index in [1.807, 2.05) is 0 Å². The zero-order valence-electron chi connectivity index (χ0n) is 11.7. The van der Waals surface area contributed by atoms with Crippen LogP contribution in [0.4, 0.5) is 4.39 Å². The highest BCUT2D eigenvalue weighted by molar-refractivity contribution is 9.10. The summed E-state index contributed by atoms with van der Waals surface area (Å²) in [5, 5.41) is 4.43. The molecule has 0 N–H and O–H groups in total. The van der Waals surface area contributed by atoms with E-state index in [9.17, 15) is 14.0 Å². The summed E-state index contributed by atoms with van der Waals surface area (Å²) in [5.41, 5.74) is 0.101. The number of aromatic nitrogens is 3. The lowest BCUT2D eigenvalue weighted by Gasteiger charge is -2.04. The molecule has 1 aromatic carbocycles. The maximum atomic E-state index is 13.6. The molecule has 0 saturated carbocycles. The van der Waals surface area contributed by atoms with E-state index in [0.29, 0.717) is 20.1 Å². The predicted molar refractivity (Wildman–Crippen MR) is 85.1 cm³/mol. The van der Waals surface area contributed by atoms with Gasteiger partial charge in [-0.3, -0.25) is 4.79 Å². The van der Waals surface area contributed by atoms with Crippen LogP contribution in [0.25, 0.3) is 4.96 Å². The minimum atomic E-state index is -0.806. The Morgan fingerprint density at radius 1 is 1.43 bits per heavy atom. The number of hydrogen-bond donors (Lipinski definition) is 0. The lowest BCUT2D eigenvalue weighted by Crippen LogP contribution is -2.14. The molecular weight excluding hydrogens is 389 g/mol. The first kappa shape index (κ1) is 15.8. The fourth-order valence-corrected chi connectivity index (χ4v) is 3.10. The van der Waals surface area contributed by atoms with Crippen molar-refractivity contribution in [3.63, 3.8) is 0 Å². The third-order valence-corrected chi connectivity index (χ3v) is 4.27. The molecule has 3 rings (SSSR count). The Balaban J connectivity index is 1.80. The number of carbonyl (C=O) groups is 1. The van der Waals surface area contributed by atoms with Gasteiger partial charge in [-0.05, 0) is 25.1 Å². The number of carbonyl (C=O) groups excluding carboxylic acids is 1. The third-order valence-electron chi connectivity index (χ3n) is 2.89. The SMILES string of the molecule is Cc1cc(=O)n2nc(COC(=O)c3cc(Br)ccc3F)sc2n1. The number of hydrogen-bond acceptors (Lipinski definition) is 6. The minimum absolute atomic E-state index is 0.169. The van der Waals surface area contributed by atoms with Gasteiger partial charge in [0.05, 0.1) is 5.56 Å². The summed E-state index contributed by atoms with van der Waals surface area (Å²) in [6, 6.07) is 5.36. The molecule has 0 fully saturated rings. The summed E-state index contributed by atoms with van der Waals surface area (Å²) in [4.78, 5) is 28.3. The zero-order chi connectivity index (χ0) is 16.6. The fourth-order valence-electron chi connectivity index (χ4n) is 1.88. The van der Waals surface area contributed by atoms with E-state index < -0.39 is 11.8 Å². The number of fused-ring (bicyclic) bond motifs is 1. The van der Waals surface area contributed by atoms with Crippen LogP contribution in [-0.2, 0) is 11.3 Å². The average Bonchev–Trinajstić information content (AvgIpc) is 2.90. The second kappa shape index (κ2) is 6.17. The number of halogens is 2. The molecule has 0 aliphatic heterocycles. The molecule has 0 aliphatic carbocycles. The normalized spacial score (nSPS) is 10.9. The maximum absolute atomic E-state index is 13.6. The van der Waals surface area contributed by atoms with Gasteiger partial charge < -0.3 is 4.74 Å². The second-order valence-electron chi connectivity index (χ2n) is 4.63. The highest BCUT2D eigenvalue weighted by Gasteiger charge is 2.15. The molecule has 0 amide bonds. The van der Waals surface area contributed by atoms with E-state index in [1.165, 1.54) is 24.3 Å². The number of benzene rings is 1. The number of esters is 1. The Morgan fingerprint density at radius 2 is 2.22 bits per heavy atom. The lowest BCUT2D eigenvalue weighted by molar-refractivity contribution is 0.0466. The summed E-state index contributed by atoms with van der Waals surface area (Å²) in [6.07, 6.45) is 0. The Hall–Kier alpha value is -2.13. The Bertz CT molecular complexity index is 970. The quantitative estimate of drug-likeness (QED) is 0.635. The molecule has 0 bridgehead atoms. The van der Waals surface area contributed by atoms with Gasteiger partial charge in [0.25, 0.3) is 5.56 Å². The van der Waals surface area contributed by atoms with E-state index in [2.05, 4.69) is 26.0 Å². The molecule has 2 aromatic heterocycles. The van der Waals surface area contributed by atoms with Crippen LogP contribution in [0, 0.1) is 12.7 Å². The molecule has 23 heavy (non-hydrogen) atoms. The second-order valence-corrected chi connectivity index (χ2v) is 6.58. The lowest BCUT2D eigenvalue weighted by atomic mass is 10.2. The van der Waals surface area contributed by atoms with Crippen LogP contribution in [0.15, 0.2) is 33.5 Å². The minimum Gasteiger partial charge on any atom is -0.455 e. The van der Waals surface area contributed by atoms with Crippen LogP contribution >= 0.6 is 27.3 Å². The van der Waals surface area contributed by atoms with Gasteiger partial charge in [-0.1, -0.05) is 27.3 Å². The van der Waals surface area contributed by atoms with Crippen molar-refractivity contribution in [2.24, 2.45) is 0 Å². The van der Waals surface area contributed by atoms with Crippen molar-refractivity contribution in [3.05, 3.63) is 61.2 Å². The van der Waals surface area contributed by atoms with E-state index in [0.717, 1.165) is 15.9 Å². The van der Waals surface area contributed by atoms with Crippen molar-refractivity contribution in [1.29, 1.82) is 0 Å². The molecule has 2 heterocycles. The van der Waals surface area contributed by atoms with Gasteiger partial charge >= 0.3 is 5.97 Å². The molecule has 0 spiro atoms. The molecule has 6 nitrogen and oxygen atoms in total. The largest absolute Gasteiger partial charge is 0.455 e. The molecule has 0 atom stereocenters. The van der Waals surface area contributed by atoms with Crippen molar-refractivity contribution in [1.82, 2.24) is 14.6 Å². The summed E-state index contributed by atoms with van der Waals surface area (Å²) in [6.45, 7) is 1.54. The Labute approximate surface area is 141 Å². The average molecular weight is 398 g/mol. The Morgan fingerprint density at radius 3 is 3.00 bits per heavy atom. The van der Waals surface area contributed by atoms with Crippen molar-refractivity contribution >= 4 is 38.2 Å². The number of aryl methyl sites for hydroxylation is 1. The summed E-state index contributed by atoms with van der Waals surface area (Å²) < 4.78 is 20.4. The molecular formula is C14H9BrFN3O3S. The fraction of sp³-hybridized carbons (Fsp3) is 0.143. The van der Waals surface area contributed by atoms with Crippen LogP contribution in [0.1, 0.15) is 21.1 Å². The number of ether oxygens (including phenoxy) is 1. The summed E-state index contributed by atoms with van der Waals surface area (Å²) in [5.74, 6) is -1.48. The predicted octanol–water partition coefficient (Wildman–Crippen LogP) is 2.72. The maximum Gasteiger partial charge on any atom is 0.341 e. The van der Waals surface area contributed by atoms with Crippen molar-refractivity contribution in [3.8, 4) is 0 Å². The summed E-state index contributed by atoms with van der Waals surface area (Å²) in [7, 11) is 0. The van der Waals surface area contributed by atoms with E-state index in [1.54, 1.807) is 6.92 Å². The van der Waals surface area contributed by atoms with Crippen LogP contribution < -0.4 is 5.56 Å².